The van der Waals surface area contributed by atoms with Crippen LogP contribution in [0.25, 0.3) is 0 Å². The summed E-state index contributed by atoms with van der Waals surface area (Å²) in [6, 6.07) is 0.481. The number of hydrogen-bond donors (Lipinski definition) is 1. The van der Waals surface area contributed by atoms with Gasteiger partial charge in [0.2, 0.25) is 0 Å². The Morgan fingerprint density at radius 3 is 2.50 bits per heavy atom. The Morgan fingerprint density at radius 2 is 2.00 bits per heavy atom. The van der Waals surface area contributed by atoms with Crippen molar-refractivity contribution in [1.82, 2.24) is 0 Å². The van der Waals surface area contributed by atoms with Gasteiger partial charge >= 0.3 is 0 Å². The van der Waals surface area contributed by atoms with E-state index in [4.69, 9.17) is 0 Å². The molecule has 1 nitrogen and oxygen atoms in total. The molecule has 0 aliphatic heterocycles. The third-order valence-corrected chi connectivity index (χ3v) is 3.02. The molecule has 2 heteroatoms. The Kier molecular flexibility index (Phi) is 3.63. The summed E-state index contributed by atoms with van der Waals surface area (Å²) in [6.07, 6.45) is 3.77. The SMILES string of the molecule is CC(C)=NC1CCC(C)CC1S. The van der Waals surface area contributed by atoms with Gasteiger partial charge in [0.15, 0.2) is 0 Å². The first-order valence-corrected chi connectivity index (χ1v) is 5.30. The molecule has 1 rings (SSSR count). The summed E-state index contributed by atoms with van der Waals surface area (Å²) < 4.78 is 0. The minimum absolute atomic E-state index is 0.481. The molecule has 0 aromatic rings. The minimum atomic E-state index is 0.481. The Hall–Kier alpha value is 0.0200. The van der Waals surface area contributed by atoms with Crippen LogP contribution in [0.1, 0.15) is 40.0 Å². The third kappa shape index (κ3) is 2.81. The second-order valence-electron chi connectivity index (χ2n) is 4.13. The molecule has 3 unspecified atom stereocenters. The fourth-order valence-electron chi connectivity index (χ4n) is 1.82. The first-order valence-electron chi connectivity index (χ1n) is 4.78. The largest absolute Gasteiger partial charge is 0.290 e. The molecule has 1 saturated carbocycles. The van der Waals surface area contributed by atoms with Crippen LogP contribution in [-0.2, 0) is 0 Å². The van der Waals surface area contributed by atoms with E-state index in [0.717, 1.165) is 5.92 Å². The molecule has 12 heavy (non-hydrogen) atoms. The summed E-state index contributed by atoms with van der Waals surface area (Å²) in [5.41, 5.74) is 1.19. The summed E-state index contributed by atoms with van der Waals surface area (Å²) in [4.78, 5) is 4.59. The first kappa shape index (κ1) is 10.1. The lowest BCUT2D eigenvalue weighted by atomic mass is 9.87. The summed E-state index contributed by atoms with van der Waals surface area (Å²) in [6.45, 7) is 6.44. The molecule has 0 aromatic carbocycles. The Balaban J connectivity index is 2.51. The zero-order valence-corrected chi connectivity index (χ0v) is 9.14. The van der Waals surface area contributed by atoms with Crippen LogP contribution in [0.15, 0.2) is 4.99 Å². The summed E-state index contributed by atoms with van der Waals surface area (Å²) >= 11 is 4.58. The normalized spacial score (nSPS) is 36.2. The maximum Gasteiger partial charge on any atom is 0.0614 e. The zero-order valence-electron chi connectivity index (χ0n) is 8.25. The number of hydrogen-bond acceptors (Lipinski definition) is 2. The molecule has 0 saturated heterocycles. The molecule has 3 atom stereocenters. The van der Waals surface area contributed by atoms with Gasteiger partial charge in [-0.1, -0.05) is 6.92 Å². The van der Waals surface area contributed by atoms with Gasteiger partial charge in [-0.05, 0) is 39.0 Å². The third-order valence-electron chi connectivity index (χ3n) is 2.47. The molecular weight excluding hydrogens is 166 g/mol. The van der Waals surface area contributed by atoms with E-state index in [1.807, 2.05) is 0 Å². The maximum atomic E-state index is 4.59. The molecule has 0 amide bonds. The summed E-state index contributed by atoms with van der Waals surface area (Å²) in [5, 5.41) is 0.489. The van der Waals surface area contributed by atoms with Crippen LogP contribution in [0, 0.1) is 5.92 Å². The molecule has 0 spiro atoms. The van der Waals surface area contributed by atoms with Crippen molar-refractivity contribution in [2.75, 3.05) is 0 Å². The highest BCUT2D eigenvalue weighted by molar-refractivity contribution is 7.81. The fourth-order valence-corrected chi connectivity index (χ4v) is 2.39. The van der Waals surface area contributed by atoms with Gasteiger partial charge in [-0.15, -0.1) is 0 Å². The number of aliphatic imine (C=N–C) groups is 1. The number of thiol groups is 1. The Bertz CT molecular complexity index is 173. The van der Waals surface area contributed by atoms with Gasteiger partial charge < -0.3 is 0 Å². The van der Waals surface area contributed by atoms with E-state index in [2.05, 4.69) is 38.4 Å². The van der Waals surface area contributed by atoms with E-state index in [1.165, 1.54) is 25.0 Å². The standard InChI is InChI=1S/C10H19NS/c1-7(2)11-9-5-4-8(3)6-10(9)12/h8-10,12H,4-6H2,1-3H3. The van der Waals surface area contributed by atoms with Crippen molar-refractivity contribution >= 4 is 18.3 Å². The van der Waals surface area contributed by atoms with Crippen molar-refractivity contribution in [3.8, 4) is 0 Å². The van der Waals surface area contributed by atoms with Gasteiger partial charge in [0.25, 0.3) is 0 Å². The lowest BCUT2D eigenvalue weighted by molar-refractivity contribution is 0.360. The molecule has 0 aromatic heterocycles. The van der Waals surface area contributed by atoms with Gasteiger partial charge in [0.05, 0.1) is 6.04 Å². The molecule has 70 valence electrons. The predicted octanol–water partition coefficient (Wildman–Crippen LogP) is 2.95. The van der Waals surface area contributed by atoms with Crippen molar-refractivity contribution in [3.63, 3.8) is 0 Å². The van der Waals surface area contributed by atoms with Crippen molar-refractivity contribution < 1.29 is 0 Å². The van der Waals surface area contributed by atoms with Gasteiger partial charge in [-0.2, -0.15) is 12.6 Å². The molecular formula is C10H19NS. The monoisotopic (exact) mass is 185 g/mol. The minimum Gasteiger partial charge on any atom is -0.290 e. The van der Waals surface area contributed by atoms with E-state index in [-0.39, 0.29) is 0 Å². The molecule has 0 N–H and O–H groups in total. The first-order chi connectivity index (χ1) is 5.59. The van der Waals surface area contributed by atoms with Crippen LogP contribution in [0.4, 0.5) is 0 Å². The van der Waals surface area contributed by atoms with E-state index < -0.39 is 0 Å². The van der Waals surface area contributed by atoms with Gasteiger partial charge in [-0.25, -0.2) is 0 Å². The van der Waals surface area contributed by atoms with Crippen molar-refractivity contribution in [3.05, 3.63) is 0 Å². The van der Waals surface area contributed by atoms with Crippen molar-refractivity contribution in [2.24, 2.45) is 10.9 Å². The predicted molar refractivity (Wildman–Crippen MR) is 58.4 cm³/mol. The average molecular weight is 185 g/mol. The van der Waals surface area contributed by atoms with Crippen LogP contribution in [-0.4, -0.2) is 17.0 Å². The summed E-state index contributed by atoms with van der Waals surface area (Å²) in [5.74, 6) is 0.844. The zero-order chi connectivity index (χ0) is 9.14. The smallest absolute Gasteiger partial charge is 0.0614 e. The van der Waals surface area contributed by atoms with Gasteiger partial charge in [0, 0.05) is 11.0 Å². The fraction of sp³-hybridized carbons (Fsp3) is 0.900. The lowest BCUT2D eigenvalue weighted by Crippen LogP contribution is -2.28. The highest BCUT2D eigenvalue weighted by Crippen LogP contribution is 2.29. The van der Waals surface area contributed by atoms with Crippen LogP contribution in [0.3, 0.4) is 0 Å². The van der Waals surface area contributed by atoms with Gasteiger partial charge in [-0.3, -0.25) is 4.99 Å². The average Bonchev–Trinajstić information content (AvgIpc) is 1.94. The van der Waals surface area contributed by atoms with E-state index >= 15 is 0 Å². The second-order valence-corrected chi connectivity index (χ2v) is 4.79. The van der Waals surface area contributed by atoms with Crippen LogP contribution in [0.2, 0.25) is 0 Å². The molecule has 0 heterocycles. The van der Waals surface area contributed by atoms with E-state index in [1.54, 1.807) is 0 Å². The Morgan fingerprint density at radius 1 is 1.33 bits per heavy atom. The maximum absolute atomic E-state index is 4.59. The van der Waals surface area contributed by atoms with Crippen LogP contribution < -0.4 is 0 Å². The highest BCUT2D eigenvalue weighted by Gasteiger charge is 2.25. The number of nitrogens with zero attached hydrogens (tertiary/aromatic N) is 1. The van der Waals surface area contributed by atoms with Crippen LogP contribution in [0.5, 0.6) is 0 Å². The topological polar surface area (TPSA) is 12.4 Å². The quantitative estimate of drug-likeness (QED) is 0.476. The van der Waals surface area contributed by atoms with E-state index in [0.29, 0.717) is 11.3 Å². The lowest BCUT2D eigenvalue weighted by Gasteiger charge is -2.29. The molecule has 0 radical (unpaired) electrons. The number of rotatable bonds is 1. The molecule has 0 bridgehead atoms. The van der Waals surface area contributed by atoms with Gasteiger partial charge in [0.1, 0.15) is 0 Å². The van der Waals surface area contributed by atoms with Crippen LogP contribution >= 0.6 is 12.6 Å². The molecule has 1 fully saturated rings. The second kappa shape index (κ2) is 4.31. The van der Waals surface area contributed by atoms with Crippen molar-refractivity contribution in [2.45, 2.75) is 51.3 Å². The summed E-state index contributed by atoms with van der Waals surface area (Å²) in [7, 11) is 0. The molecule has 1 aliphatic carbocycles. The molecule has 1 aliphatic rings. The Labute approximate surface area is 81.1 Å². The highest BCUT2D eigenvalue weighted by atomic mass is 32.1. The van der Waals surface area contributed by atoms with Crippen molar-refractivity contribution in [1.29, 1.82) is 0 Å². The van der Waals surface area contributed by atoms with E-state index in [9.17, 15) is 0 Å².